The van der Waals surface area contributed by atoms with Crippen LogP contribution in [0.25, 0.3) is 39.9 Å². The van der Waals surface area contributed by atoms with Crippen molar-refractivity contribution in [2.45, 2.75) is 0 Å². The van der Waals surface area contributed by atoms with Crippen molar-refractivity contribution < 1.29 is 0 Å². The van der Waals surface area contributed by atoms with Gasteiger partial charge in [-0.05, 0) is 93.5 Å². The van der Waals surface area contributed by atoms with Crippen LogP contribution in [0.15, 0.2) is 213 Å². The Morgan fingerprint density at radius 1 is 0.400 bits per heavy atom. The van der Waals surface area contributed by atoms with E-state index in [1.165, 1.54) is 32.1 Å². The highest BCUT2D eigenvalue weighted by atomic mass is 28.3. The Labute approximate surface area is 321 Å². The Kier molecular flexibility index (Phi) is 8.08. The first-order valence-electron chi connectivity index (χ1n) is 18.5. The quantitative estimate of drug-likeness (QED) is 0.155. The summed E-state index contributed by atoms with van der Waals surface area (Å²) < 4.78 is 2.21. The van der Waals surface area contributed by atoms with Gasteiger partial charge in [0.1, 0.15) is 17.2 Å². The first-order valence-corrected chi connectivity index (χ1v) is 20.5. The Morgan fingerprint density at radius 2 is 0.891 bits per heavy atom. The zero-order chi connectivity index (χ0) is 36.6. The first-order chi connectivity index (χ1) is 27.3. The van der Waals surface area contributed by atoms with Crippen molar-refractivity contribution >= 4 is 45.9 Å². The van der Waals surface area contributed by atoms with Gasteiger partial charge in [-0.25, -0.2) is 4.98 Å². The molecule has 0 bridgehead atoms. The second kappa shape index (κ2) is 13.7. The number of hydrogen-bond donors (Lipinski definition) is 0. The molecular formula is C49H35N5Si. The van der Waals surface area contributed by atoms with Gasteiger partial charge in [-0.2, -0.15) is 0 Å². The van der Waals surface area contributed by atoms with Crippen LogP contribution in [0.2, 0.25) is 0 Å². The summed E-state index contributed by atoms with van der Waals surface area (Å²) in [5.41, 5.74) is 8.77. The molecule has 260 valence electrons. The molecule has 3 aromatic heterocycles. The Morgan fingerprint density at radius 3 is 1.44 bits per heavy atom. The van der Waals surface area contributed by atoms with Crippen LogP contribution in [0, 0.1) is 0 Å². The normalized spacial score (nSPS) is 12.8. The van der Waals surface area contributed by atoms with Crippen molar-refractivity contribution in [1.82, 2.24) is 19.5 Å². The van der Waals surface area contributed by atoms with E-state index in [4.69, 9.17) is 15.0 Å². The van der Waals surface area contributed by atoms with Gasteiger partial charge < -0.3 is 4.90 Å². The maximum absolute atomic E-state index is 5.36. The number of pyridine rings is 2. The molecule has 0 amide bonds. The van der Waals surface area contributed by atoms with E-state index < -0.39 is 8.07 Å². The molecule has 0 spiro atoms. The minimum atomic E-state index is -2.69. The maximum atomic E-state index is 5.36. The molecule has 5 nitrogen and oxygen atoms in total. The molecule has 0 unspecified atom stereocenters. The second-order valence-corrected chi connectivity index (χ2v) is 17.4. The summed E-state index contributed by atoms with van der Waals surface area (Å²) in [5, 5.41) is 5.48. The molecule has 0 atom stereocenters. The lowest BCUT2D eigenvalue weighted by Crippen LogP contribution is -2.77. The summed E-state index contributed by atoms with van der Waals surface area (Å²) in [6.45, 7) is 0. The Hall–Kier alpha value is -7.15. The molecule has 0 saturated heterocycles. The van der Waals surface area contributed by atoms with Crippen molar-refractivity contribution in [3.63, 3.8) is 0 Å². The summed E-state index contributed by atoms with van der Waals surface area (Å²) in [6, 6.07) is 71.4. The molecule has 0 aliphatic carbocycles. The van der Waals surface area contributed by atoms with Crippen LogP contribution >= 0.6 is 0 Å². The van der Waals surface area contributed by atoms with E-state index >= 15 is 0 Å². The van der Waals surface area contributed by atoms with E-state index in [0.29, 0.717) is 0 Å². The number of imidazole rings is 1. The van der Waals surface area contributed by atoms with Gasteiger partial charge in [-0.15, -0.1) is 0 Å². The smallest absolute Gasteiger partial charge is 0.184 e. The van der Waals surface area contributed by atoms with Gasteiger partial charge >= 0.3 is 0 Å². The third-order valence-corrected chi connectivity index (χ3v) is 15.5. The Balaban J connectivity index is 1.17. The molecule has 1 aliphatic heterocycles. The summed E-state index contributed by atoms with van der Waals surface area (Å²) in [4.78, 5) is 17.3. The highest BCUT2D eigenvalue weighted by Gasteiger charge is 2.48. The highest BCUT2D eigenvalue weighted by molar-refractivity contribution is 7.21. The number of nitrogens with zero attached hydrogens (tertiary/aromatic N) is 5. The predicted molar refractivity (Wildman–Crippen MR) is 227 cm³/mol. The standard InChI is InChI=1S/C49H35N5Si/c1-4-18-37(19-5-1)54-48(42-25-15-17-35-51-42)47(41-24-14-16-34-50-41)52-49(54)36-30-32-38(33-31-36)53-43-26-10-12-28-45(43)55(39-20-6-2-7-21-39,40-22-8-3-9-23-40)46-29-13-11-27-44(46)53/h1-35H. The number of benzene rings is 6. The van der Waals surface area contributed by atoms with Crippen LogP contribution in [-0.2, 0) is 0 Å². The molecule has 0 saturated carbocycles. The lowest BCUT2D eigenvalue weighted by molar-refractivity contribution is 1.06. The van der Waals surface area contributed by atoms with Crippen LogP contribution in [0.5, 0.6) is 0 Å². The molecule has 0 radical (unpaired) electrons. The average Bonchev–Trinajstić information content (AvgIpc) is 3.68. The maximum Gasteiger partial charge on any atom is 0.184 e. The molecule has 6 heteroatoms. The summed E-state index contributed by atoms with van der Waals surface area (Å²) in [7, 11) is -2.69. The highest BCUT2D eigenvalue weighted by Crippen LogP contribution is 2.41. The van der Waals surface area contributed by atoms with E-state index in [1.807, 2.05) is 54.9 Å². The molecular weight excluding hydrogens is 687 g/mol. The van der Waals surface area contributed by atoms with E-state index in [0.717, 1.165) is 45.5 Å². The molecule has 0 fully saturated rings. The van der Waals surface area contributed by atoms with Gasteiger partial charge in [0, 0.05) is 40.7 Å². The molecule has 55 heavy (non-hydrogen) atoms. The van der Waals surface area contributed by atoms with Crippen molar-refractivity contribution in [2.75, 3.05) is 4.90 Å². The fourth-order valence-electron chi connectivity index (χ4n) is 8.31. The van der Waals surface area contributed by atoms with Crippen LogP contribution in [0.1, 0.15) is 0 Å². The van der Waals surface area contributed by atoms with Crippen LogP contribution in [0.3, 0.4) is 0 Å². The molecule has 9 aromatic rings. The number of para-hydroxylation sites is 3. The number of anilines is 3. The zero-order valence-corrected chi connectivity index (χ0v) is 30.9. The van der Waals surface area contributed by atoms with Gasteiger partial charge in [0.25, 0.3) is 0 Å². The summed E-state index contributed by atoms with van der Waals surface area (Å²) in [6.07, 6.45) is 3.64. The topological polar surface area (TPSA) is 46.8 Å². The van der Waals surface area contributed by atoms with E-state index in [-0.39, 0.29) is 0 Å². The Bertz CT molecular complexity index is 2650. The van der Waals surface area contributed by atoms with Gasteiger partial charge in [-0.3, -0.25) is 14.5 Å². The van der Waals surface area contributed by atoms with Gasteiger partial charge in [0.2, 0.25) is 0 Å². The lowest BCUT2D eigenvalue weighted by Gasteiger charge is -2.45. The van der Waals surface area contributed by atoms with Crippen LogP contribution < -0.4 is 25.6 Å². The van der Waals surface area contributed by atoms with E-state index in [9.17, 15) is 0 Å². The fraction of sp³-hybridized carbons (Fsp3) is 0. The third kappa shape index (κ3) is 5.34. The van der Waals surface area contributed by atoms with Crippen molar-refractivity contribution in [2.24, 2.45) is 0 Å². The van der Waals surface area contributed by atoms with E-state index in [1.54, 1.807) is 0 Å². The largest absolute Gasteiger partial charge is 0.311 e. The lowest BCUT2D eigenvalue weighted by atomic mass is 10.1. The minimum Gasteiger partial charge on any atom is -0.311 e. The van der Waals surface area contributed by atoms with Crippen LogP contribution in [0.4, 0.5) is 17.1 Å². The monoisotopic (exact) mass is 721 g/mol. The second-order valence-electron chi connectivity index (χ2n) is 13.6. The van der Waals surface area contributed by atoms with Crippen molar-refractivity contribution in [3.05, 3.63) is 213 Å². The van der Waals surface area contributed by atoms with Crippen molar-refractivity contribution in [1.29, 1.82) is 0 Å². The molecule has 4 heterocycles. The zero-order valence-electron chi connectivity index (χ0n) is 29.9. The van der Waals surface area contributed by atoms with Gasteiger partial charge in [0.15, 0.2) is 8.07 Å². The number of rotatable bonds is 7. The molecule has 0 N–H and O–H groups in total. The number of hydrogen-bond acceptors (Lipinski definition) is 4. The predicted octanol–water partition coefficient (Wildman–Crippen LogP) is 8.82. The number of aromatic nitrogens is 4. The fourth-order valence-corrected chi connectivity index (χ4v) is 13.4. The van der Waals surface area contributed by atoms with Crippen LogP contribution in [-0.4, -0.2) is 27.6 Å². The molecule has 10 rings (SSSR count). The number of fused-ring (bicyclic) bond motifs is 2. The molecule has 1 aliphatic rings. The van der Waals surface area contributed by atoms with E-state index in [2.05, 4.69) is 167 Å². The third-order valence-electron chi connectivity index (χ3n) is 10.6. The molecule has 6 aromatic carbocycles. The SMILES string of the molecule is c1ccc(-n2c(-c3ccc(N4c5ccccc5[Si](c5ccccc5)(c5ccccc5)c5ccccc54)cc3)nc(-c3ccccn3)c2-c2ccccn2)cc1. The van der Waals surface area contributed by atoms with Gasteiger partial charge in [-0.1, -0.05) is 127 Å². The van der Waals surface area contributed by atoms with Crippen molar-refractivity contribution in [3.8, 4) is 39.9 Å². The van der Waals surface area contributed by atoms with Gasteiger partial charge in [0.05, 0.1) is 11.4 Å². The first kappa shape index (κ1) is 32.5. The summed E-state index contributed by atoms with van der Waals surface area (Å²) >= 11 is 0. The minimum absolute atomic E-state index is 0.782. The average molecular weight is 722 g/mol. The summed E-state index contributed by atoms with van der Waals surface area (Å²) in [5.74, 6) is 0.818.